The van der Waals surface area contributed by atoms with Gasteiger partial charge in [0.15, 0.2) is 5.82 Å². The Bertz CT molecular complexity index is 555. The molecular formula is C11H11FN4O3. The maximum absolute atomic E-state index is 12.8. The number of carbonyl (C=O) groups excluding carboxylic acids is 1. The summed E-state index contributed by atoms with van der Waals surface area (Å²) in [4.78, 5) is 11.4. The normalized spacial score (nSPS) is 10.4. The molecule has 19 heavy (non-hydrogen) atoms. The molecule has 0 amide bonds. The lowest BCUT2D eigenvalue weighted by Crippen LogP contribution is -2.17. The number of benzene rings is 1. The average molecular weight is 266 g/mol. The van der Waals surface area contributed by atoms with Crippen LogP contribution in [-0.4, -0.2) is 44.5 Å². The van der Waals surface area contributed by atoms with E-state index in [0.29, 0.717) is 11.4 Å². The molecule has 0 radical (unpaired) electrons. The minimum absolute atomic E-state index is 0.0765. The second-order valence-electron chi connectivity index (χ2n) is 3.61. The van der Waals surface area contributed by atoms with E-state index in [9.17, 15) is 9.18 Å². The van der Waals surface area contributed by atoms with Crippen LogP contribution in [0.4, 0.5) is 4.39 Å². The summed E-state index contributed by atoms with van der Waals surface area (Å²) >= 11 is 0. The molecule has 1 aromatic heterocycles. The van der Waals surface area contributed by atoms with E-state index in [-0.39, 0.29) is 25.6 Å². The van der Waals surface area contributed by atoms with Crippen molar-refractivity contribution in [3.8, 4) is 11.4 Å². The molecule has 1 aromatic carbocycles. The number of esters is 1. The van der Waals surface area contributed by atoms with E-state index in [1.54, 1.807) is 0 Å². The van der Waals surface area contributed by atoms with Crippen LogP contribution in [0.2, 0.25) is 0 Å². The number of hydrogen-bond donors (Lipinski definition) is 1. The summed E-state index contributed by atoms with van der Waals surface area (Å²) in [6.07, 6.45) is 0. The van der Waals surface area contributed by atoms with Crippen LogP contribution in [0.15, 0.2) is 24.3 Å². The first-order chi connectivity index (χ1) is 9.20. The monoisotopic (exact) mass is 266 g/mol. The van der Waals surface area contributed by atoms with Crippen molar-refractivity contribution >= 4 is 5.97 Å². The number of aliphatic hydroxyl groups is 1. The summed E-state index contributed by atoms with van der Waals surface area (Å²) in [5.41, 5.74) is 0.585. The SMILES string of the molecule is O=C(Cn1nnnc1-c1ccc(F)cc1)OCCO. The first-order valence-electron chi connectivity index (χ1n) is 5.49. The Kier molecular flexibility index (Phi) is 4.14. The molecule has 0 aliphatic heterocycles. The molecule has 0 aliphatic carbocycles. The Hall–Kier alpha value is -2.35. The van der Waals surface area contributed by atoms with Crippen LogP contribution >= 0.6 is 0 Å². The van der Waals surface area contributed by atoms with E-state index >= 15 is 0 Å². The van der Waals surface area contributed by atoms with Gasteiger partial charge < -0.3 is 9.84 Å². The smallest absolute Gasteiger partial charge is 0.328 e. The number of aromatic nitrogens is 4. The van der Waals surface area contributed by atoms with Gasteiger partial charge in [-0.15, -0.1) is 5.10 Å². The fourth-order valence-electron chi connectivity index (χ4n) is 1.44. The lowest BCUT2D eigenvalue weighted by atomic mass is 10.2. The van der Waals surface area contributed by atoms with Crippen LogP contribution in [0.3, 0.4) is 0 Å². The van der Waals surface area contributed by atoms with E-state index in [2.05, 4.69) is 15.5 Å². The number of tetrazole rings is 1. The van der Waals surface area contributed by atoms with E-state index in [0.717, 1.165) is 0 Å². The van der Waals surface area contributed by atoms with E-state index < -0.39 is 5.97 Å². The fraction of sp³-hybridized carbons (Fsp3) is 0.273. The van der Waals surface area contributed by atoms with Gasteiger partial charge in [-0.05, 0) is 34.7 Å². The lowest BCUT2D eigenvalue weighted by Gasteiger charge is -2.05. The molecule has 2 rings (SSSR count). The van der Waals surface area contributed by atoms with E-state index in [1.165, 1.54) is 28.9 Å². The van der Waals surface area contributed by atoms with E-state index in [1.807, 2.05) is 0 Å². The van der Waals surface area contributed by atoms with Gasteiger partial charge in [-0.25, -0.2) is 9.07 Å². The third-order valence-electron chi connectivity index (χ3n) is 2.27. The van der Waals surface area contributed by atoms with Gasteiger partial charge in [-0.1, -0.05) is 0 Å². The third-order valence-corrected chi connectivity index (χ3v) is 2.27. The quantitative estimate of drug-likeness (QED) is 0.767. The second kappa shape index (κ2) is 6.01. The largest absolute Gasteiger partial charge is 0.462 e. The number of halogens is 1. The lowest BCUT2D eigenvalue weighted by molar-refractivity contribution is -0.145. The number of nitrogens with zero attached hydrogens (tertiary/aromatic N) is 4. The Morgan fingerprint density at radius 1 is 1.37 bits per heavy atom. The minimum Gasteiger partial charge on any atom is -0.462 e. The van der Waals surface area contributed by atoms with Gasteiger partial charge in [0.05, 0.1) is 6.61 Å². The van der Waals surface area contributed by atoms with Gasteiger partial charge in [-0.2, -0.15) is 0 Å². The molecule has 0 saturated carbocycles. The fourth-order valence-corrected chi connectivity index (χ4v) is 1.44. The maximum atomic E-state index is 12.8. The highest BCUT2D eigenvalue weighted by molar-refractivity contribution is 5.70. The molecule has 0 bridgehead atoms. The first-order valence-corrected chi connectivity index (χ1v) is 5.49. The molecule has 0 saturated heterocycles. The molecule has 0 spiro atoms. The van der Waals surface area contributed by atoms with Gasteiger partial charge in [0.2, 0.25) is 0 Å². The number of aliphatic hydroxyl groups excluding tert-OH is 1. The van der Waals surface area contributed by atoms with Crippen molar-refractivity contribution in [3.63, 3.8) is 0 Å². The molecule has 0 aliphatic rings. The Labute approximate surface area is 107 Å². The highest BCUT2D eigenvalue weighted by Crippen LogP contribution is 2.15. The summed E-state index contributed by atoms with van der Waals surface area (Å²) in [6.45, 7) is -0.501. The van der Waals surface area contributed by atoms with Crippen molar-refractivity contribution in [2.45, 2.75) is 6.54 Å². The van der Waals surface area contributed by atoms with Gasteiger partial charge in [-0.3, -0.25) is 4.79 Å². The molecule has 0 fully saturated rings. The predicted molar refractivity (Wildman–Crippen MR) is 61.3 cm³/mol. The van der Waals surface area contributed by atoms with Crippen molar-refractivity contribution in [1.82, 2.24) is 20.2 Å². The standard InChI is InChI=1S/C11H11FN4O3/c12-9-3-1-8(2-4-9)11-13-14-15-16(11)7-10(18)19-6-5-17/h1-4,17H,5-7H2. The van der Waals surface area contributed by atoms with Gasteiger partial charge in [0.1, 0.15) is 19.0 Å². The molecule has 1 N–H and O–H groups in total. The molecular weight excluding hydrogens is 255 g/mol. The van der Waals surface area contributed by atoms with Crippen LogP contribution in [0.25, 0.3) is 11.4 Å². The summed E-state index contributed by atoms with van der Waals surface area (Å²) < 4.78 is 18.8. The zero-order valence-electron chi connectivity index (χ0n) is 9.86. The topological polar surface area (TPSA) is 90.1 Å². The summed E-state index contributed by atoms with van der Waals surface area (Å²) in [5.74, 6) is -0.601. The van der Waals surface area contributed by atoms with Crippen molar-refractivity contribution in [1.29, 1.82) is 0 Å². The molecule has 8 heteroatoms. The Morgan fingerprint density at radius 3 is 2.79 bits per heavy atom. The highest BCUT2D eigenvalue weighted by Gasteiger charge is 2.13. The number of ether oxygens (including phenoxy) is 1. The molecule has 7 nitrogen and oxygen atoms in total. The Balaban J connectivity index is 2.13. The Morgan fingerprint density at radius 2 is 2.11 bits per heavy atom. The van der Waals surface area contributed by atoms with Crippen molar-refractivity contribution in [3.05, 3.63) is 30.1 Å². The second-order valence-corrected chi connectivity index (χ2v) is 3.61. The average Bonchev–Trinajstić information content (AvgIpc) is 2.85. The molecule has 100 valence electrons. The molecule has 0 atom stereocenters. The van der Waals surface area contributed by atoms with Crippen molar-refractivity contribution in [2.24, 2.45) is 0 Å². The van der Waals surface area contributed by atoms with Crippen LogP contribution in [0.1, 0.15) is 0 Å². The van der Waals surface area contributed by atoms with Crippen LogP contribution in [0.5, 0.6) is 0 Å². The van der Waals surface area contributed by atoms with Gasteiger partial charge in [0, 0.05) is 5.56 Å². The van der Waals surface area contributed by atoms with Crippen LogP contribution in [-0.2, 0) is 16.1 Å². The highest BCUT2D eigenvalue weighted by atomic mass is 19.1. The van der Waals surface area contributed by atoms with Crippen LogP contribution < -0.4 is 0 Å². The number of rotatable bonds is 5. The molecule has 1 heterocycles. The van der Waals surface area contributed by atoms with Gasteiger partial charge >= 0.3 is 5.97 Å². The third kappa shape index (κ3) is 3.32. The van der Waals surface area contributed by atoms with Crippen LogP contribution in [0, 0.1) is 5.82 Å². The van der Waals surface area contributed by atoms with Gasteiger partial charge in [0.25, 0.3) is 0 Å². The molecule has 0 unspecified atom stereocenters. The first kappa shape index (κ1) is 13.1. The minimum atomic E-state index is -0.565. The number of carbonyl (C=O) groups is 1. The summed E-state index contributed by atoms with van der Waals surface area (Å²) in [5, 5.41) is 19.4. The zero-order chi connectivity index (χ0) is 13.7. The zero-order valence-corrected chi connectivity index (χ0v) is 9.86. The summed E-state index contributed by atoms with van der Waals surface area (Å²) in [6, 6.07) is 5.57. The predicted octanol–water partition coefficient (Wildman–Crippen LogP) is 0.0147. The maximum Gasteiger partial charge on any atom is 0.328 e. The summed E-state index contributed by atoms with van der Waals surface area (Å²) in [7, 11) is 0. The van der Waals surface area contributed by atoms with E-state index in [4.69, 9.17) is 9.84 Å². The van der Waals surface area contributed by atoms with Crippen molar-refractivity contribution < 1.29 is 19.0 Å². The molecule has 2 aromatic rings. The number of hydrogen-bond acceptors (Lipinski definition) is 6. The van der Waals surface area contributed by atoms with Crippen molar-refractivity contribution in [2.75, 3.05) is 13.2 Å².